The summed E-state index contributed by atoms with van der Waals surface area (Å²) in [5, 5.41) is 0. The van der Waals surface area contributed by atoms with Crippen molar-refractivity contribution in [2.75, 3.05) is 34.5 Å². The van der Waals surface area contributed by atoms with Gasteiger partial charge in [0.1, 0.15) is 0 Å². The Kier molecular flexibility index (Phi) is 8.67. The minimum absolute atomic E-state index is 0.638. The van der Waals surface area contributed by atoms with E-state index in [-0.39, 0.29) is 0 Å². The molecule has 2 fully saturated rings. The van der Waals surface area contributed by atoms with Crippen LogP contribution in [0.15, 0.2) is 0 Å². The van der Waals surface area contributed by atoms with Crippen molar-refractivity contribution in [2.24, 2.45) is 10.8 Å². The lowest BCUT2D eigenvalue weighted by atomic mass is 9.90. The van der Waals surface area contributed by atoms with Crippen LogP contribution in [0.2, 0.25) is 0 Å². The largest absolute Gasteiger partial charge is 0.0935 e. The molecule has 0 N–H and O–H groups in total. The van der Waals surface area contributed by atoms with Crippen molar-refractivity contribution in [3.63, 3.8) is 0 Å². The van der Waals surface area contributed by atoms with Gasteiger partial charge in [-0.1, -0.05) is 91.5 Å². The molecule has 20 heavy (non-hydrogen) atoms. The summed E-state index contributed by atoms with van der Waals surface area (Å²) >= 11 is 0. The minimum Gasteiger partial charge on any atom is -0.0935 e. The van der Waals surface area contributed by atoms with Crippen molar-refractivity contribution in [1.82, 2.24) is 0 Å². The van der Waals surface area contributed by atoms with E-state index in [2.05, 4.69) is 78.6 Å². The van der Waals surface area contributed by atoms with Gasteiger partial charge in [-0.25, -0.2) is 0 Å². The molecule has 0 unspecified atom stereocenters. The average Bonchev–Trinajstić information content (AvgIpc) is 3.07. The SMILES string of the molecule is CCCC1(CSSCC2(CCC)CSSC2)CSSC1. The zero-order chi connectivity index (χ0) is 14.3. The Morgan fingerprint density at radius 1 is 0.700 bits per heavy atom. The lowest BCUT2D eigenvalue weighted by molar-refractivity contribution is 0.405. The first-order chi connectivity index (χ1) is 9.74. The summed E-state index contributed by atoms with van der Waals surface area (Å²) in [4.78, 5) is 0. The van der Waals surface area contributed by atoms with Crippen LogP contribution in [0.4, 0.5) is 0 Å². The molecule has 0 amide bonds. The third kappa shape index (κ3) is 5.33. The van der Waals surface area contributed by atoms with E-state index >= 15 is 0 Å². The maximum atomic E-state index is 2.34. The second kappa shape index (κ2) is 9.41. The molecule has 2 aliphatic heterocycles. The highest BCUT2D eigenvalue weighted by atomic mass is 33.1. The first-order valence-corrected chi connectivity index (χ1v) is 14.9. The average molecular weight is 387 g/mol. The highest BCUT2D eigenvalue weighted by Crippen LogP contribution is 2.52. The molecule has 118 valence electrons. The van der Waals surface area contributed by atoms with Crippen molar-refractivity contribution >= 4 is 64.8 Å². The van der Waals surface area contributed by atoms with E-state index in [1.54, 1.807) is 0 Å². The van der Waals surface area contributed by atoms with Gasteiger partial charge in [-0.15, -0.1) is 0 Å². The van der Waals surface area contributed by atoms with Gasteiger partial charge < -0.3 is 0 Å². The minimum atomic E-state index is 0.638. The summed E-state index contributed by atoms with van der Waals surface area (Å²) in [5.74, 6) is 8.26. The van der Waals surface area contributed by atoms with Crippen molar-refractivity contribution in [3.8, 4) is 0 Å². The maximum absolute atomic E-state index is 2.34. The normalized spacial score (nSPS) is 24.3. The first-order valence-electron chi connectivity index (χ1n) is 7.47. The molecule has 0 aliphatic carbocycles. The van der Waals surface area contributed by atoms with Gasteiger partial charge in [0.15, 0.2) is 0 Å². The number of rotatable bonds is 9. The molecule has 0 nitrogen and oxygen atoms in total. The molecule has 2 aliphatic rings. The molecule has 0 aromatic carbocycles. The highest BCUT2D eigenvalue weighted by molar-refractivity contribution is 8.78. The van der Waals surface area contributed by atoms with E-state index in [0.717, 1.165) is 0 Å². The van der Waals surface area contributed by atoms with Gasteiger partial charge >= 0.3 is 0 Å². The molecule has 0 radical (unpaired) electrons. The molecular weight excluding hydrogens is 361 g/mol. The first kappa shape index (κ1) is 18.4. The Hall–Kier alpha value is 2.10. The van der Waals surface area contributed by atoms with Gasteiger partial charge in [-0.05, 0) is 23.7 Å². The zero-order valence-electron chi connectivity index (χ0n) is 12.5. The number of hydrogen-bond donors (Lipinski definition) is 0. The van der Waals surface area contributed by atoms with Gasteiger partial charge in [0.2, 0.25) is 0 Å². The van der Waals surface area contributed by atoms with Crippen molar-refractivity contribution in [3.05, 3.63) is 0 Å². The molecular formula is C14H26S6. The predicted octanol–water partition coefficient (Wildman–Crippen LogP) is 6.73. The van der Waals surface area contributed by atoms with Crippen LogP contribution in [0, 0.1) is 10.8 Å². The van der Waals surface area contributed by atoms with Gasteiger partial charge in [0.25, 0.3) is 0 Å². The Labute approximate surface area is 148 Å². The van der Waals surface area contributed by atoms with E-state index in [1.807, 2.05) is 0 Å². The second-order valence-corrected chi connectivity index (χ2v) is 13.5. The lowest BCUT2D eigenvalue weighted by Crippen LogP contribution is -2.27. The number of hydrogen-bond acceptors (Lipinski definition) is 6. The monoisotopic (exact) mass is 386 g/mol. The zero-order valence-corrected chi connectivity index (χ0v) is 17.4. The van der Waals surface area contributed by atoms with Crippen LogP contribution in [0.25, 0.3) is 0 Å². The molecule has 0 aromatic rings. The molecule has 2 rings (SSSR count). The Morgan fingerprint density at radius 2 is 1.05 bits per heavy atom. The van der Waals surface area contributed by atoms with Crippen LogP contribution in [-0.2, 0) is 0 Å². The van der Waals surface area contributed by atoms with Gasteiger partial charge in [0, 0.05) is 34.5 Å². The van der Waals surface area contributed by atoms with Gasteiger partial charge in [0.05, 0.1) is 0 Å². The molecule has 6 heteroatoms. The topological polar surface area (TPSA) is 0 Å². The van der Waals surface area contributed by atoms with Gasteiger partial charge in [-0.3, -0.25) is 0 Å². The fourth-order valence-electron chi connectivity index (χ4n) is 2.74. The summed E-state index contributed by atoms with van der Waals surface area (Å²) in [7, 11) is 12.7. The van der Waals surface area contributed by atoms with E-state index < -0.39 is 0 Å². The molecule has 0 aromatic heterocycles. The Morgan fingerprint density at radius 3 is 1.35 bits per heavy atom. The molecule has 0 spiro atoms. The van der Waals surface area contributed by atoms with E-state index in [0.29, 0.717) is 10.8 Å². The fraction of sp³-hybridized carbons (Fsp3) is 1.00. The summed E-state index contributed by atoms with van der Waals surface area (Å²) < 4.78 is 0. The van der Waals surface area contributed by atoms with E-state index in [1.165, 1.54) is 60.2 Å². The third-order valence-electron chi connectivity index (χ3n) is 4.00. The lowest BCUT2D eigenvalue weighted by Gasteiger charge is -2.29. The Balaban J connectivity index is 1.72. The van der Waals surface area contributed by atoms with Crippen LogP contribution >= 0.6 is 64.8 Å². The standard InChI is InChI=1S/C14H26S6/c1-3-5-13(7-15-16-8-13)11-19-20-12-14(6-4-2)9-17-18-10-14/h3-12H2,1-2H3. The Bertz CT molecular complexity index is 243. The van der Waals surface area contributed by atoms with Crippen LogP contribution in [0.5, 0.6) is 0 Å². The van der Waals surface area contributed by atoms with Crippen molar-refractivity contribution < 1.29 is 0 Å². The molecule has 2 heterocycles. The predicted molar refractivity (Wildman–Crippen MR) is 109 cm³/mol. The molecule has 0 atom stereocenters. The smallest absolute Gasteiger partial charge is 0.0110 e. The summed E-state index contributed by atoms with van der Waals surface area (Å²) in [6.07, 6.45) is 5.54. The van der Waals surface area contributed by atoms with Crippen molar-refractivity contribution in [2.45, 2.75) is 39.5 Å². The maximum Gasteiger partial charge on any atom is 0.0110 e. The van der Waals surface area contributed by atoms with Crippen LogP contribution in [0.3, 0.4) is 0 Å². The molecule has 2 saturated heterocycles. The van der Waals surface area contributed by atoms with Crippen LogP contribution in [0.1, 0.15) is 39.5 Å². The van der Waals surface area contributed by atoms with Crippen molar-refractivity contribution in [1.29, 1.82) is 0 Å². The highest BCUT2D eigenvalue weighted by Gasteiger charge is 2.36. The van der Waals surface area contributed by atoms with E-state index in [4.69, 9.17) is 0 Å². The van der Waals surface area contributed by atoms with E-state index in [9.17, 15) is 0 Å². The molecule has 0 saturated carbocycles. The summed E-state index contributed by atoms with van der Waals surface area (Å²) in [5.41, 5.74) is 1.28. The van der Waals surface area contributed by atoms with Crippen LogP contribution in [-0.4, -0.2) is 34.5 Å². The third-order valence-corrected chi connectivity index (χ3v) is 12.5. The summed E-state index contributed by atoms with van der Waals surface area (Å²) in [6, 6.07) is 0. The quantitative estimate of drug-likeness (QED) is 0.316. The fourth-order valence-corrected chi connectivity index (χ4v) is 13.6. The van der Waals surface area contributed by atoms with Gasteiger partial charge in [-0.2, -0.15) is 0 Å². The molecule has 0 bridgehead atoms. The second-order valence-electron chi connectivity index (χ2n) is 6.07. The van der Waals surface area contributed by atoms with Crippen LogP contribution < -0.4 is 0 Å². The summed E-state index contributed by atoms with van der Waals surface area (Å²) in [6.45, 7) is 4.69.